The summed E-state index contributed by atoms with van der Waals surface area (Å²) in [6, 6.07) is 40.0. The molecule has 176 valence electrons. The average molecular weight is 480 g/mol. The Balaban J connectivity index is 1.65. The van der Waals surface area contributed by atoms with Gasteiger partial charge in [0.2, 0.25) is 0 Å². The van der Waals surface area contributed by atoms with Crippen molar-refractivity contribution in [1.82, 2.24) is 5.32 Å². The predicted octanol–water partition coefficient (Wildman–Crippen LogP) is 6.64. The smallest absolute Gasteiger partial charge is 0.322 e. The van der Waals surface area contributed by atoms with E-state index in [4.69, 9.17) is 0 Å². The van der Waals surface area contributed by atoms with Crippen molar-refractivity contribution in [1.29, 1.82) is 0 Å². The molecular formula is C31H29NO2S. The molecule has 2 atom stereocenters. The zero-order valence-electron chi connectivity index (χ0n) is 19.9. The molecule has 3 nitrogen and oxygen atoms in total. The fourth-order valence-corrected chi connectivity index (χ4v) is 6.67. The van der Waals surface area contributed by atoms with Gasteiger partial charge in [0, 0.05) is 4.75 Å². The van der Waals surface area contributed by atoms with Gasteiger partial charge in [-0.1, -0.05) is 115 Å². The van der Waals surface area contributed by atoms with E-state index in [-0.39, 0.29) is 5.37 Å². The third kappa shape index (κ3) is 4.18. The molecule has 2 N–H and O–H groups in total. The SMILES string of the molecule is CC1(C)S[C@@H](c2ccc(C(c3ccccc3)(c3ccccc3)c3ccccc3)cc2)NC1C(=O)O. The van der Waals surface area contributed by atoms with Gasteiger partial charge in [-0.2, -0.15) is 0 Å². The van der Waals surface area contributed by atoms with Gasteiger partial charge in [0.1, 0.15) is 6.04 Å². The normalized spacial score (nSPS) is 19.4. The summed E-state index contributed by atoms with van der Waals surface area (Å²) in [7, 11) is 0. The van der Waals surface area contributed by atoms with Crippen LogP contribution in [0.3, 0.4) is 0 Å². The van der Waals surface area contributed by atoms with Crippen LogP contribution in [0.5, 0.6) is 0 Å². The monoisotopic (exact) mass is 479 g/mol. The van der Waals surface area contributed by atoms with E-state index in [0.717, 1.165) is 5.56 Å². The standard InChI is InChI=1S/C31H29NO2S/c1-30(2)27(29(33)34)32-28(35-30)22-18-20-26(21-19-22)31(23-12-6-3-7-13-23,24-14-8-4-9-15-24)25-16-10-5-11-17-25/h3-21,27-28,32H,1-2H3,(H,33,34)/t27?,28-/m0/s1. The molecule has 1 aliphatic rings. The highest BCUT2D eigenvalue weighted by atomic mass is 32.2. The second-order valence-electron chi connectivity index (χ2n) is 9.51. The fraction of sp³-hybridized carbons (Fsp3) is 0.194. The number of carboxylic acids is 1. The van der Waals surface area contributed by atoms with Gasteiger partial charge in [-0.05, 0) is 41.7 Å². The number of thioether (sulfide) groups is 1. The molecule has 0 radical (unpaired) electrons. The van der Waals surface area contributed by atoms with Crippen molar-refractivity contribution in [2.24, 2.45) is 0 Å². The van der Waals surface area contributed by atoms with Gasteiger partial charge < -0.3 is 5.11 Å². The topological polar surface area (TPSA) is 49.3 Å². The van der Waals surface area contributed by atoms with Gasteiger partial charge in [0.25, 0.3) is 0 Å². The minimum atomic E-state index is -0.808. The third-order valence-corrected chi connectivity index (χ3v) is 8.44. The van der Waals surface area contributed by atoms with Gasteiger partial charge in [-0.25, -0.2) is 0 Å². The highest BCUT2D eigenvalue weighted by Crippen LogP contribution is 2.48. The highest BCUT2D eigenvalue weighted by Gasteiger charge is 2.46. The van der Waals surface area contributed by atoms with E-state index >= 15 is 0 Å². The lowest BCUT2D eigenvalue weighted by Gasteiger charge is -2.37. The van der Waals surface area contributed by atoms with Gasteiger partial charge in [-0.3, -0.25) is 10.1 Å². The molecule has 35 heavy (non-hydrogen) atoms. The summed E-state index contributed by atoms with van der Waals surface area (Å²) < 4.78 is -0.392. The molecule has 0 saturated carbocycles. The number of benzene rings is 4. The number of rotatable bonds is 6. The number of hydrogen-bond acceptors (Lipinski definition) is 3. The summed E-state index contributed by atoms with van der Waals surface area (Å²) in [5, 5.41) is 12.9. The number of nitrogens with one attached hydrogen (secondary N) is 1. The number of hydrogen-bond donors (Lipinski definition) is 2. The van der Waals surface area contributed by atoms with E-state index < -0.39 is 22.2 Å². The maximum absolute atomic E-state index is 11.8. The van der Waals surface area contributed by atoms with Gasteiger partial charge in [0.05, 0.1) is 10.8 Å². The van der Waals surface area contributed by atoms with Crippen molar-refractivity contribution in [3.05, 3.63) is 143 Å². The Hall–Kier alpha value is -3.34. The lowest BCUT2D eigenvalue weighted by Crippen LogP contribution is -2.43. The molecule has 0 aromatic heterocycles. The first kappa shape index (κ1) is 23.4. The highest BCUT2D eigenvalue weighted by molar-refractivity contribution is 8.01. The summed E-state index contributed by atoms with van der Waals surface area (Å²) in [6.07, 6.45) is 0. The van der Waals surface area contributed by atoms with Crippen LogP contribution in [-0.4, -0.2) is 21.9 Å². The molecule has 4 aromatic rings. The van der Waals surface area contributed by atoms with Gasteiger partial charge >= 0.3 is 5.97 Å². The van der Waals surface area contributed by atoms with E-state index in [1.165, 1.54) is 22.3 Å². The van der Waals surface area contributed by atoms with Crippen LogP contribution in [0, 0.1) is 0 Å². The van der Waals surface area contributed by atoms with Crippen LogP contribution >= 0.6 is 11.8 Å². The number of aliphatic carboxylic acids is 1. The van der Waals surface area contributed by atoms with Crippen LogP contribution in [0.1, 0.15) is 47.0 Å². The fourth-order valence-electron chi connectivity index (χ4n) is 5.26. The van der Waals surface area contributed by atoms with Crippen LogP contribution in [0.2, 0.25) is 0 Å². The van der Waals surface area contributed by atoms with Crippen molar-refractivity contribution >= 4 is 17.7 Å². The maximum atomic E-state index is 11.8. The quantitative estimate of drug-likeness (QED) is 0.305. The molecule has 4 heteroatoms. The molecule has 0 amide bonds. The lowest BCUT2D eigenvalue weighted by atomic mass is 9.65. The van der Waals surface area contributed by atoms with Crippen LogP contribution in [0.25, 0.3) is 0 Å². The minimum Gasteiger partial charge on any atom is -0.480 e. The van der Waals surface area contributed by atoms with Crippen LogP contribution in [-0.2, 0) is 10.2 Å². The maximum Gasteiger partial charge on any atom is 0.322 e. The van der Waals surface area contributed by atoms with Crippen LogP contribution in [0.15, 0.2) is 115 Å². The zero-order chi connectivity index (χ0) is 24.5. The van der Waals surface area contributed by atoms with E-state index in [9.17, 15) is 9.90 Å². The summed E-state index contributed by atoms with van der Waals surface area (Å²) in [6.45, 7) is 3.98. The molecular weight excluding hydrogens is 450 g/mol. The Kier molecular flexibility index (Phi) is 6.26. The van der Waals surface area contributed by atoms with Crippen molar-refractivity contribution in [3.63, 3.8) is 0 Å². The Morgan fingerprint density at radius 2 is 1.11 bits per heavy atom. The summed E-state index contributed by atoms with van der Waals surface area (Å²) in [4.78, 5) is 11.8. The third-order valence-electron chi connectivity index (χ3n) is 6.95. The van der Waals surface area contributed by atoms with E-state index in [1.54, 1.807) is 11.8 Å². The second-order valence-corrected chi connectivity index (χ2v) is 11.3. The number of carbonyl (C=O) groups is 1. The van der Waals surface area contributed by atoms with E-state index in [2.05, 4.69) is 121 Å². The van der Waals surface area contributed by atoms with Gasteiger partial charge in [0.15, 0.2) is 0 Å². The van der Waals surface area contributed by atoms with Crippen molar-refractivity contribution in [3.8, 4) is 0 Å². The van der Waals surface area contributed by atoms with Crippen molar-refractivity contribution < 1.29 is 9.90 Å². The van der Waals surface area contributed by atoms with Crippen LogP contribution < -0.4 is 5.32 Å². The second kappa shape index (κ2) is 9.37. The molecule has 4 aromatic carbocycles. The molecule has 0 spiro atoms. The molecule has 1 fully saturated rings. The first-order chi connectivity index (χ1) is 16.9. The minimum absolute atomic E-state index is 0.0697. The molecule has 1 unspecified atom stereocenters. The first-order valence-corrected chi connectivity index (χ1v) is 12.7. The molecule has 0 aliphatic carbocycles. The molecule has 1 heterocycles. The van der Waals surface area contributed by atoms with Crippen LogP contribution in [0.4, 0.5) is 0 Å². The van der Waals surface area contributed by atoms with Crippen molar-refractivity contribution in [2.45, 2.75) is 35.4 Å². The summed E-state index contributed by atoms with van der Waals surface area (Å²) in [5.74, 6) is -0.808. The van der Waals surface area contributed by atoms with E-state index in [1.807, 2.05) is 13.8 Å². The summed E-state index contributed by atoms with van der Waals surface area (Å²) in [5.41, 5.74) is 5.36. The first-order valence-electron chi connectivity index (χ1n) is 11.9. The Bertz CT molecular complexity index is 1190. The average Bonchev–Trinajstić information content (AvgIpc) is 3.22. The Morgan fingerprint density at radius 1 is 0.714 bits per heavy atom. The van der Waals surface area contributed by atoms with E-state index in [0.29, 0.717) is 0 Å². The zero-order valence-corrected chi connectivity index (χ0v) is 20.7. The predicted molar refractivity (Wildman–Crippen MR) is 144 cm³/mol. The molecule has 1 aliphatic heterocycles. The number of carboxylic acid groups (broad SMARTS) is 1. The summed E-state index contributed by atoms with van der Waals surface area (Å²) >= 11 is 1.67. The Labute approximate surface area is 211 Å². The van der Waals surface area contributed by atoms with Gasteiger partial charge in [-0.15, -0.1) is 11.8 Å². The Morgan fingerprint density at radius 3 is 1.49 bits per heavy atom. The van der Waals surface area contributed by atoms with Crippen molar-refractivity contribution in [2.75, 3.05) is 0 Å². The molecule has 5 rings (SSSR count). The largest absolute Gasteiger partial charge is 0.480 e. The lowest BCUT2D eigenvalue weighted by molar-refractivity contribution is -0.139. The molecule has 0 bridgehead atoms. The molecule has 1 saturated heterocycles.